The third-order valence-corrected chi connectivity index (χ3v) is 2.96. The normalized spacial score (nSPS) is 16.3. The van der Waals surface area contributed by atoms with Crippen molar-refractivity contribution in [3.8, 4) is 0 Å². The highest BCUT2D eigenvalue weighted by molar-refractivity contribution is 5.24. The van der Waals surface area contributed by atoms with E-state index in [0.29, 0.717) is 5.82 Å². The van der Waals surface area contributed by atoms with Crippen LogP contribution in [0.25, 0.3) is 0 Å². The van der Waals surface area contributed by atoms with Gasteiger partial charge in [-0.25, -0.2) is 9.97 Å². The second-order valence-corrected chi connectivity index (χ2v) is 4.16. The van der Waals surface area contributed by atoms with Crippen LogP contribution in [0.3, 0.4) is 0 Å². The predicted octanol–water partition coefficient (Wildman–Crippen LogP) is 1.34. The van der Waals surface area contributed by atoms with Crippen LogP contribution < -0.4 is 11.1 Å². The SMILES string of the molecule is Nc1ccnc(CNCCC2CCC2)n1. The Balaban J connectivity index is 1.64. The lowest BCUT2D eigenvalue weighted by atomic mass is 9.83. The van der Waals surface area contributed by atoms with Crippen molar-refractivity contribution in [2.24, 2.45) is 5.92 Å². The monoisotopic (exact) mass is 206 g/mol. The van der Waals surface area contributed by atoms with E-state index in [1.807, 2.05) is 0 Å². The minimum atomic E-state index is 0.542. The van der Waals surface area contributed by atoms with Crippen molar-refractivity contribution in [1.29, 1.82) is 0 Å². The third kappa shape index (κ3) is 3.16. The predicted molar refractivity (Wildman–Crippen MR) is 60.1 cm³/mol. The van der Waals surface area contributed by atoms with E-state index >= 15 is 0 Å². The van der Waals surface area contributed by atoms with Gasteiger partial charge in [-0.2, -0.15) is 0 Å². The highest BCUT2D eigenvalue weighted by Gasteiger charge is 2.16. The zero-order chi connectivity index (χ0) is 10.5. The van der Waals surface area contributed by atoms with Crippen LogP contribution in [0.15, 0.2) is 12.3 Å². The van der Waals surface area contributed by atoms with Crippen LogP contribution in [0.5, 0.6) is 0 Å². The molecule has 82 valence electrons. The van der Waals surface area contributed by atoms with Crippen LogP contribution in [-0.2, 0) is 6.54 Å². The van der Waals surface area contributed by atoms with Crippen LogP contribution in [0.2, 0.25) is 0 Å². The summed E-state index contributed by atoms with van der Waals surface area (Å²) in [5, 5.41) is 3.35. The van der Waals surface area contributed by atoms with Gasteiger partial charge in [0.05, 0.1) is 6.54 Å². The van der Waals surface area contributed by atoms with E-state index in [0.717, 1.165) is 24.8 Å². The van der Waals surface area contributed by atoms with Crippen molar-refractivity contribution in [2.45, 2.75) is 32.2 Å². The largest absolute Gasteiger partial charge is 0.384 e. The van der Waals surface area contributed by atoms with E-state index in [-0.39, 0.29) is 0 Å². The molecule has 15 heavy (non-hydrogen) atoms. The lowest BCUT2D eigenvalue weighted by Crippen LogP contribution is -2.22. The highest BCUT2D eigenvalue weighted by Crippen LogP contribution is 2.28. The molecule has 1 saturated carbocycles. The number of aromatic nitrogens is 2. The summed E-state index contributed by atoms with van der Waals surface area (Å²) in [6.45, 7) is 1.78. The molecular formula is C11H18N4. The summed E-state index contributed by atoms with van der Waals surface area (Å²) in [6.07, 6.45) is 7.23. The third-order valence-electron chi connectivity index (χ3n) is 2.96. The fourth-order valence-corrected chi connectivity index (χ4v) is 1.79. The van der Waals surface area contributed by atoms with Gasteiger partial charge in [-0.1, -0.05) is 19.3 Å². The molecule has 1 heterocycles. The van der Waals surface area contributed by atoms with Crippen LogP contribution in [-0.4, -0.2) is 16.5 Å². The van der Waals surface area contributed by atoms with E-state index in [1.54, 1.807) is 12.3 Å². The molecule has 0 atom stereocenters. The molecule has 2 rings (SSSR count). The average molecular weight is 206 g/mol. The zero-order valence-corrected chi connectivity index (χ0v) is 8.95. The summed E-state index contributed by atoms with van der Waals surface area (Å²) < 4.78 is 0. The van der Waals surface area contributed by atoms with Gasteiger partial charge >= 0.3 is 0 Å². The Morgan fingerprint density at radius 3 is 3.00 bits per heavy atom. The van der Waals surface area contributed by atoms with Crippen LogP contribution in [0.1, 0.15) is 31.5 Å². The van der Waals surface area contributed by atoms with Gasteiger partial charge in [-0.15, -0.1) is 0 Å². The summed E-state index contributed by atoms with van der Waals surface area (Å²) in [5.74, 6) is 2.28. The molecule has 0 bridgehead atoms. The Bertz CT molecular complexity index is 309. The van der Waals surface area contributed by atoms with Crippen molar-refractivity contribution in [1.82, 2.24) is 15.3 Å². The molecule has 0 saturated heterocycles. The van der Waals surface area contributed by atoms with Crippen molar-refractivity contribution in [3.05, 3.63) is 18.1 Å². The minimum Gasteiger partial charge on any atom is -0.384 e. The smallest absolute Gasteiger partial charge is 0.144 e. The van der Waals surface area contributed by atoms with Gasteiger partial charge in [0, 0.05) is 6.20 Å². The molecule has 1 aromatic rings. The first kappa shape index (κ1) is 10.4. The first-order valence-electron chi connectivity index (χ1n) is 5.63. The number of nitrogens with zero attached hydrogens (tertiary/aromatic N) is 2. The van der Waals surface area contributed by atoms with Crippen molar-refractivity contribution in [3.63, 3.8) is 0 Å². The molecule has 4 heteroatoms. The van der Waals surface area contributed by atoms with Crippen molar-refractivity contribution in [2.75, 3.05) is 12.3 Å². The molecule has 0 spiro atoms. The Kier molecular flexibility index (Phi) is 3.50. The number of rotatable bonds is 5. The van der Waals surface area contributed by atoms with Gasteiger partial charge in [0.15, 0.2) is 0 Å². The fourth-order valence-electron chi connectivity index (χ4n) is 1.79. The molecule has 0 unspecified atom stereocenters. The number of nitrogen functional groups attached to an aromatic ring is 1. The summed E-state index contributed by atoms with van der Waals surface area (Å²) in [4.78, 5) is 8.26. The molecule has 1 aromatic heterocycles. The topological polar surface area (TPSA) is 63.8 Å². The Morgan fingerprint density at radius 1 is 1.47 bits per heavy atom. The number of hydrogen-bond donors (Lipinski definition) is 2. The second-order valence-electron chi connectivity index (χ2n) is 4.16. The van der Waals surface area contributed by atoms with Gasteiger partial charge in [0.2, 0.25) is 0 Å². The molecule has 4 nitrogen and oxygen atoms in total. The molecule has 1 aliphatic rings. The summed E-state index contributed by atoms with van der Waals surface area (Å²) in [6, 6.07) is 1.71. The van der Waals surface area contributed by atoms with E-state index < -0.39 is 0 Å². The quantitative estimate of drug-likeness (QED) is 0.714. The van der Waals surface area contributed by atoms with Crippen molar-refractivity contribution >= 4 is 5.82 Å². The molecular weight excluding hydrogens is 188 g/mol. The van der Waals surface area contributed by atoms with Gasteiger partial charge < -0.3 is 11.1 Å². The molecule has 0 aromatic carbocycles. The number of nitrogens with one attached hydrogen (secondary N) is 1. The number of nitrogens with two attached hydrogens (primary N) is 1. The Hall–Kier alpha value is -1.16. The zero-order valence-electron chi connectivity index (χ0n) is 8.95. The van der Waals surface area contributed by atoms with E-state index in [1.165, 1.54) is 25.7 Å². The Labute approximate surface area is 90.3 Å². The lowest BCUT2D eigenvalue weighted by Gasteiger charge is -2.25. The minimum absolute atomic E-state index is 0.542. The molecule has 3 N–H and O–H groups in total. The maximum Gasteiger partial charge on any atom is 0.144 e. The van der Waals surface area contributed by atoms with Gasteiger partial charge in [0.25, 0.3) is 0 Å². The van der Waals surface area contributed by atoms with Crippen LogP contribution in [0, 0.1) is 5.92 Å². The van der Waals surface area contributed by atoms with E-state index in [9.17, 15) is 0 Å². The maximum atomic E-state index is 5.56. The first-order valence-corrected chi connectivity index (χ1v) is 5.63. The molecule has 0 radical (unpaired) electrons. The van der Waals surface area contributed by atoms with E-state index in [4.69, 9.17) is 5.73 Å². The van der Waals surface area contributed by atoms with Gasteiger partial charge in [0.1, 0.15) is 11.6 Å². The second kappa shape index (κ2) is 5.07. The van der Waals surface area contributed by atoms with Crippen LogP contribution >= 0.6 is 0 Å². The lowest BCUT2D eigenvalue weighted by molar-refractivity contribution is 0.291. The summed E-state index contributed by atoms with van der Waals surface area (Å²) in [7, 11) is 0. The average Bonchev–Trinajstić information content (AvgIpc) is 2.15. The van der Waals surface area contributed by atoms with Gasteiger partial charge in [-0.3, -0.25) is 0 Å². The molecule has 1 aliphatic carbocycles. The summed E-state index contributed by atoms with van der Waals surface area (Å²) in [5.41, 5.74) is 5.56. The first-order chi connectivity index (χ1) is 7.34. The van der Waals surface area contributed by atoms with E-state index in [2.05, 4.69) is 15.3 Å². The number of hydrogen-bond acceptors (Lipinski definition) is 4. The highest BCUT2D eigenvalue weighted by atomic mass is 15.0. The molecule has 0 amide bonds. The maximum absolute atomic E-state index is 5.56. The molecule has 0 aliphatic heterocycles. The Morgan fingerprint density at radius 2 is 2.33 bits per heavy atom. The van der Waals surface area contributed by atoms with Crippen LogP contribution in [0.4, 0.5) is 5.82 Å². The standard InChI is InChI=1S/C11H18N4/c12-10-5-7-14-11(15-10)8-13-6-4-9-2-1-3-9/h5,7,9,13H,1-4,6,8H2,(H2,12,14,15). The fraction of sp³-hybridized carbons (Fsp3) is 0.636. The number of anilines is 1. The van der Waals surface area contributed by atoms with Crippen molar-refractivity contribution < 1.29 is 0 Å². The summed E-state index contributed by atoms with van der Waals surface area (Å²) >= 11 is 0. The van der Waals surface area contributed by atoms with Gasteiger partial charge in [-0.05, 0) is 24.9 Å². The molecule has 1 fully saturated rings.